The maximum atomic E-state index is 10.4. The highest BCUT2D eigenvalue weighted by atomic mass is 35.5. The van der Waals surface area contributed by atoms with Crippen molar-refractivity contribution in [3.63, 3.8) is 0 Å². The van der Waals surface area contributed by atoms with E-state index in [2.05, 4.69) is 5.32 Å². The van der Waals surface area contributed by atoms with Gasteiger partial charge in [-0.15, -0.1) is 37.2 Å². The molecule has 1 aliphatic rings. The number of amides is 1. The van der Waals surface area contributed by atoms with Crippen molar-refractivity contribution in [3.05, 3.63) is 0 Å². The molecule has 0 aromatic heterocycles. The van der Waals surface area contributed by atoms with Crippen molar-refractivity contribution in [2.24, 2.45) is 0 Å². The fourth-order valence-corrected chi connectivity index (χ4v) is 0.727. The number of hydrogen-bond acceptors (Lipinski definition) is 1. The van der Waals surface area contributed by atoms with Crippen LogP contribution in [0.1, 0.15) is 19.3 Å². The van der Waals surface area contributed by atoms with Crippen LogP contribution < -0.4 is 5.32 Å². The molecule has 0 radical (unpaired) electrons. The molecule has 0 saturated carbocycles. The Bertz CT molecular complexity index is 81.0. The zero-order chi connectivity index (χ0) is 5.11. The zero-order valence-electron chi connectivity index (χ0n) is 5.46. The van der Waals surface area contributed by atoms with Crippen LogP contribution in [0.5, 0.6) is 0 Å². The third-order valence-electron chi connectivity index (χ3n) is 1.15. The molecular formula is C5H12Cl3NO. The Labute approximate surface area is 79.4 Å². The minimum atomic E-state index is 0. The van der Waals surface area contributed by atoms with E-state index >= 15 is 0 Å². The number of halogens is 3. The zero-order valence-corrected chi connectivity index (χ0v) is 7.91. The average molecular weight is 209 g/mol. The number of carbonyl (C=O) groups excluding carboxylic acids is 1. The molecule has 0 aliphatic carbocycles. The maximum absolute atomic E-state index is 10.4. The Morgan fingerprint density at radius 3 is 1.90 bits per heavy atom. The smallest absolute Gasteiger partial charge is 0.219 e. The van der Waals surface area contributed by atoms with Crippen LogP contribution in [0.15, 0.2) is 0 Å². The van der Waals surface area contributed by atoms with Gasteiger partial charge in [0.1, 0.15) is 0 Å². The van der Waals surface area contributed by atoms with Crippen molar-refractivity contribution in [3.8, 4) is 0 Å². The first-order valence-corrected chi connectivity index (χ1v) is 2.66. The highest BCUT2D eigenvalue weighted by Crippen LogP contribution is 1.98. The Morgan fingerprint density at radius 2 is 1.70 bits per heavy atom. The lowest BCUT2D eigenvalue weighted by Gasteiger charge is -2.08. The molecule has 5 heteroatoms. The van der Waals surface area contributed by atoms with Gasteiger partial charge in [-0.3, -0.25) is 4.79 Å². The Kier molecular flexibility index (Phi) is 15.6. The molecule has 0 bridgehead atoms. The lowest BCUT2D eigenvalue weighted by molar-refractivity contribution is -0.122. The molecule has 0 atom stereocenters. The third-order valence-corrected chi connectivity index (χ3v) is 1.15. The van der Waals surface area contributed by atoms with Gasteiger partial charge in [-0.1, -0.05) is 0 Å². The van der Waals surface area contributed by atoms with E-state index in [-0.39, 0.29) is 43.1 Å². The SMILES string of the molecule is Cl.Cl.Cl.O=C1CCCCN1. The molecule has 1 fully saturated rings. The Balaban J connectivity index is -0.000000163. The first kappa shape index (κ1) is 16.7. The molecule has 64 valence electrons. The monoisotopic (exact) mass is 207 g/mol. The van der Waals surface area contributed by atoms with Crippen LogP contribution in [-0.2, 0) is 4.79 Å². The molecule has 0 unspecified atom stereocenters. The topological polar surface area (TPSA) is 29.1 Å². The Morgan fingerprint density at radius 1 is 1.10 bits per heavy atom. The molecule has 10 heavy (non-hydrogen) atoms. The first-order valence-electron chi connectivity index (χ1n) is 2.66. The Hall–Kier alpha value is 0.340. The molecule has 0 aromatic rings. The van der Waals surface area contributed by atoms with Gasteiger partial charge in [0.15, 0.2) is 0 Å². The van der Waals surface area contributed by atoms with E-state index in [1.54, 1.807) is 0 Å². The second kappa shape index (κ2) is 9.34. The molecule has 1 aliphatic heterocycles. The number of hydrogen-bond donors (Lipinski definition) is 1. The summed E-state index contributed by atoms with van der Waals surface area (Å²) in [7, 11) is 0. The predicted octanol–water partition coefficient (Wildman–Crippen LogP) is 1.55. The van der Waals surface area contributed by atoms with Crippen LogP contribution in [-0.4, -0.2) is 12.5 Å². The van der Waals surface area contributed by atoms with E-state index in [4.69, 9.17) is 0 Å². The molecule has 0 aromatic carbocycles. The molecule has 2 nitrogen and oxygen atoms in total. The number of carbonyl (C=O) groups is 1. The minimum absolute atomic E-state index is 0. The van der Waals surface area contributed by atoms with Gasteiger partial charge in [-0.2, -0.15) is 0 Å². The van der Waals surface area contributed by atoms with E-state index in [0.29, 0.717) is 0 Å². The normalized spacial score (nSPS) is 15.0. The van der Waals surface area contributed by atoms with Gasteiger partial charge >= 0.3 is 0 Å². The van der Waals surface area contributed by atoms with E-state index in [1.807, 2.05) is 0 Å². The number of rotatable bonds is 0. The molecule has 0 spiro atoms. The standard InChI is InChI=1S/C5H9NO.3ClH/c7-5-3-1-2-4-6-5;;;/h1-4H2,(H,6,7);3*1H. The molecule has 1 heterocycles. The summed E-state index contributed by atoms with van der Waals surface area (Å²) >= 11 is 0. The van der Waals surface area contributed by atoms with E-state index in [0.717, 1.165) is 25.8 Å². The second-order valence-corrected chi connectivity index (χ2v) is 1.81. The first-order chi connectivity index (χ1) is 3.39. The van der Waals surface area contributed by atoms with Crippen molar-refractivity contribution in [1.29, 1.82) is 0 Å². The van der Waals surface area contributed by atoms with E-state index < -0.39 is 0 Å². The van der Waals surface area contributed by atoms with Crippen LogP contribution in [0.2, 0.25) is 0 Å². The van der Waals surface area contributed by atoms with Crippen LogP contribution >= 0.6 is 37.2 Å². The van der Waals surface area contributed by atoms with Crippen molar-refractivity contribution in [2.45, 2.75) is 19.3 Å². The summed E-state index contributed by atoms with van der Waals surface area (Å²) in [6.45, 7) is 0.888. The molecule has 1 rings (SSSR count). The highest BCUT2D eigenvalue weighted by Gasteiger charge is 2.04. The van der Waals surface area contributed by atoms with Gasteiger partial charge in [-0.25, -0.2) is 0 Å². The lowest BCUT2D eigenvalue weighted by atomic mass is 10.2. The fourth-order valence-electron chi connectivity index (χ4n) is 0.727. The molecule has 1 amide bonds. The van der Waals surface area contributed by atoms with E-state index in [9.17, 15) is 4.79 Å². The minimum Gasteiger partial charge on any atom is -0.356 e. The number of nitrogens with one attached hydrogen (secondary N) is 1. The van der Waals surface area contributed by atoms with Gasteiger partial charge in [0, 0.05) is 13.0 Å². The summed E-state index contributed by atoms with van der Waals surface area (Å²) in [6, 6.07) is 0. The summed E-state index contributed by atoms with van der Waals surface area (Å²) in [5.74, 6) is 0.214. The van der Waals surface area contributed by atoms with Crippen LogP contribution in [0.4, 0.5) is 0 Å². The van der Waals surface area contributed by atoms with E-state index in [1.165, 1.54) is 0 Å². The largest absolute Gasteiger partial charge is 0.356 e. The summed E-state index contributed by atoms with van der Waals surface area (Å²) in [5.41, 5.74) is 0. The molecular weight excluding hydrogens is 196 g/mol. The van der Waals surface area contributed by atoms with Crippen molar-refractivity contribution in [2.75, 3.05) is 6.54 Å². The van der Waals surface area contributed by atoms with Crippen molar-refractivity contribution < 1.29 is 4.79 Å². The number of piperidine rings is 1. The van der Waals surface area contributed by atoms with Gasteiger partial charge in [-0.05, 0) is 12.8 Å². The molecule has 1 saturated heterocycles. The third kappa shape index (κ3) is 6.46. The van der Waals surface area contributed by atoms with Crippen LogP contribution in [0.25, 0.3) is 0 Å². The van der Waals surface area contributed by atoms with Gasteiger partial charge < -0.3 is 5.32 Å². The highest BCUT2D eigenvalue weighted by molar-refractivity contribution is 5.86. The fraction of sp³-hybridized carbons (Fsp3) is 0.800. The van der Waals surface area contributed by atoms with Crippen molar-refractivity contribution >= 4 is 43.1 Å². The maximum Gasteiger partial charge on any atom is 0.219 e. The second-order valence-electron chi connectivity index (χ2n) is 1.81. The summed E-state index contributed by atoms with van der Waals surface area (Å²) < 4.78 is 0. The summed E-state index contributed by atoms with van der Waals surface area (Å²) in [6.07, 6.45) is 2.97. The predicted molar refractivity (Wildman–Crippen MR) is 48.6 cm³/mol. The van der Waals surface area contributed by atoms with Crippen LogP contribution in [0.3, 0.4) is 0 Å². The lowest BCUT2D eigenvalue weighted by Crippen LogP contribution is -2.28. The van der Waals surface area contributed by atoms with Crippen molar-refractivity contribution in [1.82, 2.24) is 5.32 Å². The average Bonchev–Trinajstić information content (AvgIpc) is 1.69. The van der Waals surface area contributed by atoms with Gasteiger partial charge in [0.25, 0.3) is 0 Å². The van der Waals surface area contributed by atoms with Gasteiger partial charge in [0.05, 0.1) is 0 Å². The van der Waals surface area contributed by atoms with Crippen LogP contribution in [0, 0.1) is 0 Å². The quantitative estimate of drug-likeness (QED) is 0.643. The molecule has 1 N–H and O–H groups in total. The van der Waals surface area contributed by atoms with Gasteiger partial charge in [0.2, 0.25) is 5.91 Å². The summed E-state index contributed by atoms with van der Waals surface area (Å²) in [4.78, 5) is 10.4. The summed E-state index contributed by atoms with van der Waals surface area (Å²) in [5, 5.41) is 2.74.